The molecule has 2 aliphatic rings. The summed E-state index contributed by atoms with van der Waals surface area (Å²) in [6.07, 6.45) is 0. The number of fused-ring (bicyclic) bond motifs is 9. The van der Waals surface area contributed by atoms with Crippen LogP contribution in [-0.2, 0) is 10.8 Å². The van der Waals surface area contributed by atoms with E-state index in [0.29, 0.717) is 17.5 Å². The zero-order valence-corrected chi connectivity index (χ0v) is 32.4. The minimum absolute atomic E-state index is 0.134. The van der Waals surface area contributed by atoms with Gasteiger partial charge in [0, 0.05) is 22.1 Å². The highest BCUT2D eigenvalue weighted by Gasteiger charge is 2.53. The molecule has 1 aromatic heterocycles. The van der Waals surface area contributed by atoms with Crippen LogP contribution in [-0.4, -0.2) is 15.0 Å². The van der Waals surface area contributed by atoms with Crippen molar-refractivity contribution in [3.8, 4) is 67.5 Å². The van der Waals surface area contributed by atoms with Crippen molar-refractivity contribution in [2.75, 3.05) is 0 Å². The van der Waals surface area contributed by atoms with Crippen molar-refractivity contribution in [3.05, 3.63) is 234 Å². The van der Waals surface area contributed by atoms with Gasteiger partial charge in [-0.2, -0.15) is 0 Å². The number of nitrogens with zero attached hydrogens (tertiary/aromatic N) is 3. The quantitative estimate of drug-likeness (QED) is 0.176. The van der Waals surface area contributed by atoms with Gasteiger partial charge in [-0.05, 0) is 72.8 Å². The lowest BCUT2D eigenvalue weighted by atomic mass is 9.55. The van der Waals surface area contributed by atoms with Gasteiger partial charge in [-0.3, -0.25) is 0 Å². The Balaban J connectivity index is 1.02. The molecule has 0 N–H and O–H groups in total. The van der Waals surface area contributed by atoms with Gasteiger partial charge in [-0.25, -0.2) is 15.0 Å². The van der Waals surface area contributed by atoms with E-state index in [1.807, 2.05) is 36.4 Å². The molecule has 0 unspecified atom stereocenters. The van der Waals surface area contributed by atoms with Crippen LogP contribution in [0.4, 0.5) is 0 Å². The van der Waals surface area contributed by atoms with Crippen LogP contribution >= 0.6 is 0 Å². The molecule has 2 aliphatic carbocycles. The minimum Gasteiger partial charge on any atom is -0.208 e. The van der Waals surface area contributed by atoms with E-state index in [-0.39, 0.29) is 5.41 Å². The summed E-state index contributed by atoms with van der Waals surface area (Å²) in [5, 5.41) is 0. The fourth-order valence-electron chi connectivity index (χ4n) is 9.64. The Labute approximate surface area is 339 Å². The van der Waals surface area contributed by atoms with Crippen LogP contribution in [0.2, 0.25) is 0 Å². The van der Waals surface area contributed by atoms with E-state index in [1.165, 1.54) is 55.6 Å². The Bertz CT molecular complexity index is 2950. The normalized spacial score (nSPS) is 14.0. The van der Waals surface area contributed by atoms with Crippen LogP contribution in [0.5, 0.6) is 0 Å². The second-order valence-electron chi connectivity index (χ2n) is 16.0. The standard InChI is InChI=1S/C55H39N3/c1-54(2)46-21-11-13-23-48(46)55(49-24-14-12-22-47(49)54)45-20-10-9-19-43(45)44-34-33-42(35-50(44)55)38-27-31-41(32-28-38)53-57-51(39-17-7-4-8-18-39)56-52(58-53)40-29-25-37(26-30-40)36-15-5-3-6-16-36/h3-35H,1-2H3. The minimum atomic E-state index is -0.432. The number of hydrogen-bond donors (Lipinski definition) is 0. The molecular weight excluding hydrogens is 703 g/mol. The van der Waals surface area contributed by atoms with Crippen molar-refractivity contribution < 1.29 is 0 Å². The maximum Gasteiger partial charge on any atom is 0.164 e. The molecule has 0 saturated carbocycles. The monoisotopic (exact) mass is 741 g/mol. The molecule has 0 aliphatic heterocycles. The number of hydrogen-bond acceptors (Lipinski definition) is 3. The molecule has 0 amide bonds. The van der Waals surface area contributed by atoms with E-state index < -0.39 is 5.41 Å². The first kappa shape index (κ1) is 34.1. The summed E-state index contributed by atoms with van der Waals surface area (Å²) in [5.41, 5.74) is 17.7. The number of benzene rings is 8. The van der Waals surface area contributed by atoms with Crippen molar-refractivity contribution in [3.63, 3.8) is 0 Å². The smallest absolute Gasteiger partial charge is 0.164 e. The van der Waals surface area contributed by atoms with E-state index in [0.717, 1.165) is 27.8 Å². The highest BCUT2D eigenvalue weighted by molar-refractivity contribution is 5.90. The predicted molar refractivity (Wildman–Crippen MR) is 236 cm³/mol. The van der Waals surface area contributed by atoms with Crippen LogP contribution in [0.1, 0.15) is 47.2 Å². The molecule has 3 heteroatoms. The summed E-state index contributed by atoms with van der Waals surface area (Å²) >= 11 is 0. The van der Waals surface area contributed by atoms with E-state index >= 15 is 0 Å². The molecule has 0 radical (unpaired) electrons. The van der Waals surface area contributed by atoms with Gasteiger partial charge in [0.1, 0.15) is 0 Å². The average Bonchev–Trinajstić information content (AvgIpc) is 3.59. The molecule has 274 valence electrons. The third-order valence-corrected chi connectivity index (χ3v) is 12.4. The first-order valence-corrected chi connectivity index (χ1v) is 20.0. The molecule has 3 nitrogen and oxygen atoms in total. The maximum absolute atomic E-state index is 5.06. The van der Waals surface area contributed by atoms with Crippen LogP contribution in [0.15, 0.2) is 200 Å². The summed E-state index contributed by atoms with van der Waals surface area (Å²) < 4.78 is 0. The lowest BCUT2D eigenvalue weighted by molar-refractivity contribution is 0.563. The number of aromatic nitrogens is 3. The van der Waals surface area contributed by atoms with E-state index in [9.17, 15) is 0 Å². The number of rotatable bonds is 5. The summed E-state index contributed by atoms with van der Waals surface area (Å²) in [6, 6.07) is 72.1. The van der Waals surface area contributed by atoms with E-state index in [2.05, 4.69) is 178 Å². The van der Waals surface area contributed by atoms with Gasteiger partial charge in [0.2, 0.25) is 0 Å². The van der Waals surface area contributed by atoms with Gasteiger partial charge in [0.15, 0.2) is 17.5 Å². The van der Waals surface area contributed by atoms with Gasteiger partial charge >= 0.3 is 0 Å². The lowest BCUT2D eigenvalue weighted by Crippen LogP contribution is -2.40. The second kappa shape index (κ2) is 13.2. The van der Waals surface area contributed by atoms with E-state index in [4.69, 9.17) is 15.0 Å². The van der Waals surface area contributed by atoms with Gasteiger partial charge < -0.3 is 0 Å². The molecule has 0 bridgehead atoms. The summed E-state index contributed by atoms with van der Waals surface area (Å²) in [7, 11) is 0. The topological polar surface area (TPSA) is 38.7 Å². The Kier molecular flexibility index (Phi) is 7.74. The molecule has 0 fully saturated rings. The van der Waals surface area contributed by atoms with Crippen LogP contribution in [0.25, 0.3) is 67.5 Å². The van der Waals surface area contributed by atoms with Crippen molar-refractivity contribution >= 4 is 0 Å². The van der Waals surface area contributed by atoms with Gasteiger partial charge in [0.05, 0.1) is 5.41 Å². The largest absolute Gasteiger partial charge is 0.208 e. The predicted octanol–water partition coefficient (Wildman–Crippen LogP) is 13.2. The molecule has 1 heterocycles. The van der Waals surface area contributed by atoms with Gasteiger partial charge in [0.25, 0.3) is 0 Å². The molecule has 11 rings (SSSR count). The molecule has 8 aromatic carbocycles. The molecule has 0 atom stereocenters. The average molecular weight is 742 g/mol. The summed E-state index contributed by atoms with van der Waals surface area (Å²) in [4.78, 5) is 15.1. The van der Waals surface area contributed by atoms with E-state index in [1.54, 1.807) is 0 Å². The second-order valence-corrected chi connectivity index (χ2v) is 16.0. The van der Waals surface area contributed by atoms with Crippen molar-refractivity contribution in [2.45, 2.75) is 24.7 Å². The lowest BCUT2D eigenvalue weighted by Gasteiger charge is -2.46. The highest BCUT2D eigenvalue weighted by atomic mass is 15.0. The molecule has 0 saturated heterocycles. The fraction of sp³-hybridized carbons (Fsp3) is 0.0727. The zero-order valence-electron chi connectivity index (χ0n) is 32.4. The van der Waals surface area contributed by atoms with Crippen molar-refractivity contribution in [2.24, 2.45) is 0 Å². The Hall–Kier alpha value is -7.23. The first-order valence-electron chi connectivity index (χ1n) is 20.0. The summed E-state index contributed by atoms with van der Waals surface area (Å²) in [5.74, 6) is 1.94. The van der Waals surface area contributed by atoms with Gasteiger partial charge in [-0.1, -0.05) is 208 Å². The van der Waals surface area contributed by atoms with Crippen molar-refractivity contribution in [1.82, 2.24) is 15.0 Å². The van der Waals surface area contributed by atoms with Gasteiger partial charge in [-0.15, -0.1) is 0 Å². The Morgan fingerprint density at radius 1 is 0.276 bits per heavy atom. The Morgan fingerprint density at radius 3 is 1.16 bits per heavy atom. The highest BCUT2D eigenvalue weighted by Crippen LogP contribution is 2.62. The molecule has 1 spiro atoms. The van der Waals surface area contributed by atoms with Crippen LogP contribution in [0.3, 0.4) is 0 Å². The maximum atomic E-state index is 5.06. The summed E-state index contributed by atoms with van der Waals surface area (Å²) in [6.45, 7) is 4.74. The Morgan fingerprint density at radius 2 is 0.621 bits per heavy atom. The molecule has 9 aromatic rings. The van der Waals surface area contributed by atoms with Crippen LogP contribution in [0, 0.1) is 0 Å². The molecular formula is C55H39N3. The third kappa shape index (κ3) is 5.17. The first-order chi connectivity index (χ1) is 28.5. The SMILES string of the molecule is CC1(C)c2ccccc2C2(c3ccccc3-c3ccc(-c4ccc(-c5nc(-c6ccccc6)nc(-c6ccc(-c7ccccc7)cc6)n5)cc4)cc32)c2ccccc21. The molecule has 58 heavy (non-hydrogen) atoms. The third-order valence-electron chi connectivity index (χ3n) is 12.4. The zero-order chi connectivity index (χ0) is 38.8. The fourth-order valence-corrected chi connectivity index (χ4v) is 9.64. The van der Waals surface area contributed by atoms with Crippen LogP contribution < -0.4 is 0 Å². The van der Waals surface area contributed by atoms with Crippen molar-refractivity contribution in [1.29, 1.82) is 0 Å².